The number of rotatable bonds is 4. The zero-order valence-corrected chi connectivity index (χ0v) is 16.8. The molecular formula is C21H26N2O3S. The van der Waals surface area contributed by atoms with Gasteiger partial charge in [-0.3, -0.25) is 9.52 Å². The predicted octanol–water partition coefficient (Wildman–Crippen LogP) is 3.98. The number of amides is 1. The van der Waals surface area contributed by atoms with Gasteiger partial charge in [-0.05, 0) is 74.1 Å². The SMILES string of the molecule is Cc1cc(C)cc(NS(=O)(=O)c2cccc(C(=O)N3CCC(C)CC3)c2)c1. The Morgan fingerprint density at radius 3 is 2.30 bits per heavy atom. The number of nitrogens with zero attached hydrogens (tertiary/aromatic N) is 1. The standard InChI is InChI=1S/C21H26N2O3S/c1-15-7-9-23(10-8-15)21(24)18-5-4-6-20(14-18)27(25,26)22-19-12-16(2)11-17(3)13-19/h4-6,11-15,22H,7-10H2,1-3H3. The van der Waals surface area contributed by atoms with E-state index in [1.54, 1.807) is 24.3 Å². The van der Waals surface area contributed by atoms with Crippen molar-refractivity contribution in [3.63, 3.8) is 0 Å². The molecule has 1 heterocycles. The Balaban J connectivity index is 1.82. The van der Waals surface area contributed by atoms with Crippen LogP contribution >= 0.6 is 0 Å². The molecule has 1 saturated heterocycles. The summed E-state index contributed by atoms with van der Waals surface area (Å²) in [6.07, 6.45) is 1.97. The number of piperidine rings is 1. The first-order valence-electron chi connectivity index (χ1n) is 9.25. The first-order valence-corrected chi connectivity index (χ1v) is 10.7. The third kappa shape index (κ3) is 4.69. The van der Waals surface area contributed by atoms with Gasteiger partial charge in [-0.25, -0.2) is 8.42 Å². The van der Waals surface area contributed by atoms with E-state index < -0.39 is 10.0 Å². The van der Waals surface area contributed by atoms with Gasteiger partial charge in [-0.1, -0.05) is 19.1 Å². The summed E-state index contributed by atoms with van der Waals surface area (Å²) in [6.45, 7) is 7.47. The van der Waals surface area contributed by atoms with E-state index in [1.165, 1.54) is 12.1 Å². The van der Waals surface area contributed by atoms with Gasteiger partial charge in [0.25, 0.3) is 15.9 Å². The van der Waals surface area contributed by atoms with Crippen molar-refractivity contribution >= 4 is 21.6 Å². The quantitative estimate of drug-likeness (QED) is 0.864. The lowest BCUT2D eigenvalue weighted by Gasteiger charge is -2.30. The topological polar surface area (TPSA) is 66.5 Å². The van der Waals surface area contributed by atoms with Gasteiger partial charge in [0.15, 0.2) is 0 Å². The maximum absolute atomic E-state index is 12.8. The van der Waals surface area contributed by atoms with Crippen molar-refractivity contribution in [2.45, 2.75) is 38.5 Å². The molecule has 2 aromatic carbocycles. The number of nitrogens with one attached hydrogen (secondary N) is 1. The Labute approximate surface area is 161 Å². The van der Waals surface area contributed by atoms with Crippen molar-refractivity contribution in [1.82, 2.24) is 4.90 Å². The number of aryl methyl sites for hydroxylation is 2. The minimum Gasteiger partial charge on any atom is -0.339 e. The van der Waals surface area contributed by atoms with Crippen LogP contribution in [0, 0.1) is 19.8 Å². The minimum absolute atomic E-state index is 0.0953. The van der Waals surface area contributed by atoms with Crippen molar-refractivity contribution in [2.75, 3.05) is 17.8 Å². The third-order valence-corrected chi connectivity index (χ3v) is 6.32. The molecule has 1 N–H and O–H groups in total. The molecule has 1 aliphatic heterocycles. The highest BCUT2D eigenvalue weighted by molar-refractivity contribution is 7.92. The molecule has 3 rings (SSSR count). The van der Waals surface area contributed by atoms with E-state index in [-0.39, 0.29) is 10.8 Å². The van der Waals surface area contributed by atoms with Gasteiger partial charge in [0.05, 0.1) is 4.90 Å². The van der Waals surface area contributed by atoms with E-state index in [9.17, 15) is 13.2 Å². The van der Waals surface area contributed by atoms with Crippen LogP contribution < -0.4 is 4.72 Å². The summed E-state index contributed by atoms with van der Waals surface area (Å²) in [5, 5.41) is 0. The lowest BCUT2D eigenvalue weighted by atomic mass is 9.98. The summed E-state index contributed by atoms with van der Waals surface area (Å²) >= 11 is 0. The van der Waals surface area contributed by atoms with E-state index in [2.05, 4.69) is 11.6 Å². The van der Waals surface area contributed by atoms with E-state index in [0.29, 0.717) is 17.2 Å². The summed E-state index contributed by atoms with van der Waals surface area (Å²) in [7, 11) is -3.76. The number of sulfonamides is 1. The van der Waals surface area contributed by atoms with Gasteiger partial charge in [0.2, 0.25) is 0 Å². The normalized spacial score (nSPS) is 15.6. The number of carbonyl (C=O) groups is 1. The van der Waals surface area contributed by atoms with E-state index in [1.807, 2.05) is 24.8 Å². The summed E-state index contributed by atoms with van der Waals surface area (Å²) < 4.78 is 28.2. The van der Waals surface area contributed by atoms with Gasteiger partial charge in [0, 0.05) is 24.3 Å². The van der Waals surface area contributed by atoms with E-state index in [0.717, 1.165) is 37.1 Å². The Hall–Kier alpha value is -2.34. The molecule has 5 nitrogen and oxygen atoms in total. The summed E-state index contributed by atoms with van der Waals surface area (Å²) in [6, 6.07) is 11.8. The maximum Gasteiger partial charge on any atom is 0.261 e. The Morgan fingerprint density at radius 2 is 1.67 bits per heavy atom. The van der Waals surface area contributed by atoms with Crippen LogP contribution in [-0.2, 0) is 10.0 Å². The highest BCUT2D eigenvalue weighted by atomic mass is 32.2. The van der Waals surface area contributed by atoms with Gasteiger partial charge in [-0.2, -0.15) is 0 Å². The lowest BCUT2D eigenvalue weighted by Crippen LogP contribution is -2.37. The number of benzene rings is 2. The van der Waals surface area contributed by atoms with Crippen molar-refractivity contribution in [3.8, 4) is 0 Å². The molecule has 0 unspecified atom stereocenters. The summed E-state index contributed by atoms with van der Waals surface area (Å²) in [4.78, 5) is 14.6. The van der Waals surface area contributed by atoms with Crippen molar-refractivity contribution < 1.29 is 13.2 Å². The Kier molecular flexibility index (Phi) is 5.56. The number of likely N-dealkylation sites (tertiary alicyclic amines) is 1. The maximum atomic E-state index is 12.8. The highest BCUT2D eigenvalue weighted by Gasteiger charge is 2.23. The number of hydrogen-bond donors (Lipinski definition) is 1. The smallest absolute Gasteiger partial charge is 0.261 e. The number of anilines is 1. The zero-order valence-electron chi connectivity index (χ0n) is 16.0. The van der Waals surface area contributed by atoms with Crippen LogP contribution in [0.5, 0.6) is 0 Å². The zero-order chi connectivity index (χ0) is 19.6. The molecule has 27 heavy (non-hydrogen) atoms. The Bertz CT molecular complexity index is 925. The van der Waals surface area contributed by atoms with Gasteiger partial charge in [0.1, 0.15) is 0 Å². The molecule has 0 aromatic heterocycles. The summed E-state index contributed by atoms with van der Waals surface area (Å²) in [5.41, 5.74) is 2.90. The highest BCUT2D eigenvalue weighted by Crippen LogP contribution is 2.22. The molecule has 2 aromatic rings. The lowest BCUT2D eigenvalue weighted by molar-refractivity contribution is 0.0697. The van der Waals surface area contributed by atoms with Crippen molar-refractivity contribution in [1.29, 1.82) is 0 Å². The van der Waals surface area contributed by atoms with E-state index in [4.69, 9.17) is 0 Å². The molecule has 1 amide bonds. The Morgan fingerprint density at radius 1 is 1.04 bits per heavy atom. The van der Waals surface area contributed by atoms with Crippen LogP contribution in [0.25, 0.3) is 0 Å². The molecule has 6 heteroatoms. The molecule has 0 spiro atoms. The minimum atomic E-state index is -3.76. The monoisotopic (exact) mass is 386 g/mol. The van der Waals surface area contributed by atoms with Crippen LogP contribution in [-0.4, -0.2) is 32.3 Å². The largest absolute Gasteiger partial charge is 0.339 e. The molecule has 1 fully saturated rings. The fraction of sp³-hybridized carbons (Fsp3) is 0.381. The van der Waals surface area contributed by atoms with Gasteiger partial charge in [-0.15, -0.1) is 0 Å². The third-order valence-electron chi connectivity index (χ3n) is 4.94. The van der Waals surface area contributed by atoms with Crippen LogP contribution in [0.2, 0.25) is 0 Å². The summed E-state index contributed by atoms with van der Waals surface area (Å²) in [5.74, 6) is 0.521. The average molecular weight is 387 g/mol. The molecule has 0 bridgehead atoms. The van der Waals surface area contributed by atoms with Crippen LogP contribution in [0.1, 0.15) is 41.3 Å². The fourth-order valence-corrected chi connectivity index (χ4v) is 4.52. The molecule has 1 aliphatic rings. The molecule has 0 saturated carbocycles. The van der Waals surface area contributed by atoms with E-state index >= 15 is 0 Å². The second kappa shape index (κ2) is 7.72. The second-order valence-electron chi connectivity index (χ2n) is 7.48. The molecular weight excluding hydrogens is 360 g/mol. The second-order valence-corrected chi connectivity index (χ2v) is 9.17. The van der Waals surface area contributed by atoms with Gasteiger partial charge < -0.3 is 4.90 Å². The first-order chi connectivity index (χ1) is 12.7. The fourth-order valence-electron chi connectivity index (χ4n) is 3.44. The predicted molar refractivity (Wildman–Crippen MR) is 107 cm³/mol. The number of hydrogen-bond acceptors (Lipinski definition) is 3. The van der Waals surface area contributed by atoms with Crippen molar-refractivity contribution in [2.24, 2.45) is 5.92 Å². The average Bonchev–Trinajstić information content (AvgIpc) is 2.60. The molecule has 0 radical (unpaired) electrons. The van der Waals surface area contributed by atoms with Crippen LogP contribution in [0.3, 0.4) is 0 Å². The van der Waals surface area contributed by atoms with Crippen LogP contribution in [0.15, 0.2) is 47.4 Å². The molecule has 0 atom stereocenters. The number of carbonyl (C=O) groups excluding carboxylic acids is 1. The van der Waals surface area contributed by atoms with Crippen molar-refractivity contribution in [3.05, 3.63) is 59.2 Å². The molecule has 0 aliphatic carbocycles. The van der Waals surface area contributed by atoms with Crippen LogP contribution in [0.4, 0.5) is 5.69 Å². The first kappa shape index (κ1) is 19.4. The van der Waals surface area contributed by atoms with Gasteiger partial charge >= 0.3 is 0 Å². The molecule has 144 valence electrons.